The molecular weight excluding hydrogens is 270 g/mol. The van der Waals surface area contributed by atoms with Gasteiger partial charge >= 0.3 is 6.03 Å². The van der Waals surface area contributed by atoms with Crippen molar-refractivity contribution in [2.24, 2.45) is 0 Å². The van der Waals surface area contributed by atoms with Gasteiger partial charge < -0.3 is 20.7 Å². The average Bonchev–Trinajstić information content (AvgIpc) is 3.00. The van der Waals surface area contributed by atoms with Crippen LogP contribution < -0.4 is 16.0 Å². The molecule has 1 aromatic carbocycles. The first-order valence-electron chi connectivity index (χ1n) is 6.87. The largest absolute Gasteiger partial charge is 0.376 e. The number of ether oxygens (including phenoxy) is 1. The topological polar surface area (TPSA) is 79.5 Å². The molecule has 1 aromatic rings. The molecule has 2 rings (SSSR count). The fourth-order valence-electron chi connectivity index (χ4n) is 2.02. The van der Waals surface area contributed by atoms with Gasteiger partial charge in [0.1, 0.15) is 0 Å². The van der Waals surface area contributed by atoms with Crippen LogP contribution >= 0.6 is 0 Å². The van der Waals surface area contributed by atoms with Gasteiger partial charge in [-0.15, -0.1) is 0 Å². The molecule has 1 unspecified atom stereocenters. The molecule has 21 heavy (non-hydrogen) atoms. The molecular formula is C15H19N3O3. The van der Waals surface area contributed by atoms with Crippen LogP contribution in [-0.4, -0.2) is 31.2 Å². The van der Waals surface area contributed by atoms with Crippen LogP contribution in [0.2, 0.25) is 0 Å². The summed E-state index contributed by atoms with van der Waals surface area (Å²) in [6, 6.07) is 6.57. The molecule has 1 aliphatic heterocycles. The molecule has 0 spiro atoms. The van der Waals surface area contributed by atoms with E-state index in [0.717, 1.165) is 19.4 Å². The van der Waals surface area contributed by atoms with Crippen LogP contribution in [0.3, 0.4) is 0 Å². The lowest BCUT2D eigenvalue weighted by atomic mass is 10.2. The molecule has 0 radical (unpaired) electrons. The van der Waals surface area contributed by atoms with Crippen LogP contribution in [0.15, 0.2) is 36.9 Å². The summed E-state index contributed by atoms with van der Waals surface area (Å²) < 4.78 is 5.43. The van der Waals surface area contributed by atoms with E-state index in [2.05, 4.69) is 22.5 Å². The maximum Gasteiger partial charge on any atom is 0.319 e. The number of urea groups is 1. The summed E-state index contributed by atoms with van der Waals surface area (Å²) in [7, 11) is 0. The van der Waals surface area contributed by atoms with Crippen LogP contribution in [-0.2, 0) is 9.53 Å². The molecule has 1 fully saturated rings. The number of nitrogens with one attached hydrogen (secondary N) is 3. The summed E-state index contributed by atoms with van der Waals surface area (Å²) in [4.78, 5) is 22.9. The molecule has 3 N–H and O–H groups in total. The highest BCUT2D eigenvalue weighted by atomic mass is 16.5. The summed E-state index contributed by atoms with van der Waals surface area (Å²) in [6.45, 7) is 4.66. The monoisotopic (exact) mass is 289 g/mol. The third-order valence-electron chi connectivity index (χ3n) is 3.11. The number of rotatable bonds is 5. The first-order valence-corrected chi connectivity index (χ1v) is 6.87. The highest BCUT2D eigenvalue weighted by molar-refractivity contribution is 5.99. The standard InChI is InChI=1S/C15H19N3O3/c1-2-14(19)17-11-5-7-12(8-6-11)18-15(20)16-10-13-4-3-9-21-13/h2,5-8,13H,1,3-4,9-10H2,(H,17,19)(H2,16,18,20). The zero-order valence-corrected chi connectivity index (χ0v) is 11.7. The number of hydrogen-bond donors (Lipinski definition) is 3. The Kier molecular flexibility index (Phi) is 5.34. The summed E-state index contributed by atoms with van der Waals surface area (Å²) in [5.74, 6) is -0.273. The molecule has 3 amide bonds. The van der Waals surface area contributed by atoms with Gasteiger partial charge in [-0.2, -0.15) is 0 Å². The van der Waals surface area contributed by atoms with Crippen molar-refractivity contribution in [3.05, 3.63) is 36.9 Å². The highest BCUT2D eigenvalue weighted by Gasteiger charge is 2.15. The maximum absolute atomic E-state index is 11.7. The van der Waals surface area contributed by atoms with Crippen molar-refractivity contribution in [2.45, 2.75) is 18.9 Å². The fourth-order valence-corrected chi connectivity index (χ4v) is 2.02. The third kappa shape index (κ3) is 4.92. The Hall–Kier alpha value is -2.34. The normalized spacial score (nSPS) is 17.0. The van der Waals surface area contributed by atoms with Gasteiger partial charge in [0, 0.05) is 24.5 Å². The Morgan fingerprint density at radius 3 is 2.48 bits per heavy atom. The van der Waals surface area contributed by atoms with E-state index in [1.54, 1.807) is 24.3 Å². The molecule has 0 saturated carbocycles. The van der Waals surface area contributed by atoms with Crippen molar-refractivity contribution in [1.29, 1.82) is 0 Å². The van der Waals surface area contributed by atoms with Gasteiger partial charge in [0.2, 0.25) is 5.91 Å². The summed E-state index contributed by atoms with van der Waals surface area (Å²) >= 11 is 0. The SMILES string of the molecule is C=CC(=O)Nc1ccc(NC(=O)NCC2CCCO2)cc1. The van der Waals surface area contributed by atoms with E-state index < -0.39 is 0 Å². The van der Waals surface area contributed by atoms with E-state index in [-0.39, 0.29) is 18.0 Å². The number of carbonyl (C=O) groups excluding carboxylic acids is 2. The van der Waals surface area contributed by atoms with E-state index in [0.29, 0.717) is 17.9 Å². The molecule has 112 valence electrons. The van der Waals surface area contributed by atoms with Gasteiger partial charge in [-0.1, -0.05) is 6.58 Å². The van der Waals surface area contributed by atoms with Crippen molar-refractivity contribution >= 4 is 23.3 Å². The van der Waals surface area contributed by atoms with Crippen molar-refractivity contribution in [2.75, 3.05) is 23.8 Å². The van der Waals surface area contributed by atoms with E-state index in [4.69, 9.17) is 4.74 Å². The van der Waals surface area contributed by atoms with E-state index >= 15 is 0 Å². The predicted molar refractivity (Wildman–Crippen MR) is 81.3 cm³/mol. The minimum absolute atomic E-state index is 0.118. The lowest BCUT2D eigenvalue weighted by molar-refractivity contribution is -0.111. The number of benzene rings is 1. The molecule has 1 heterocycles. The summed E-state index contributed by atoms with van der Waals surface area (Å²) in [5.41, 5.74) is 1.29. The number of anilines is 2. The quantitative estimate of drug-likeness (QED) is 0.726. The van der Waals surface area contributed by atoms with Crippen molar-refractivity contribution in [3.63, 3.8) is 0 Å². The Labute approximate surface area is 123 Å². The first-order chi connectivity index (χ1) is 10.2. The molecule has 0 bridgehead atoms. The number of amides is 3. The van der Waals surface area contributed by atoms with Gasteiger partial charge in [0.15, 0.2) is 0 Å². The van der Waals surface area contributed by atoms with E-state index in [1.807, 2.05) is 0 Å². The van der Waals surface area contributed by atoms with E-state index in [1.165, 1.54) is 6.08 Å². The van der Waals surface area contributed by atoms with Gasteiger partial charge in [-0.3, -0.25) is 4.79 Å². The van der Waals surface area contributed by atoms with Gasteiger partial charge in [0.25, 0.3) is 0 Å². The van der Waals surface area contributed by atoms with Crippen LogP contribution in [0.1, 0.15) is 12.8 Å². The minimum Gasteiger partial charge on any atom is -0.376 e. The third-order valence-corrected chi connectivity index (χ3v) is 3.11. The van der Waals surface area contributed by atoms with Crippen LogP contribution in [0.5, 0.6) is 0 Å². The van der Waals surface area contributed by atoms with Crippen molar-refractivity contribution < 1.29 is 14.3 Å². The second-order valence-electron chi connectivity index (χ2n) is 4.74. The zero-order chi connectivity index (χ0) is 15.1. The molecule has 6 nitrogen and oxygen atoms in total. The molecule has 1 saturated heterocycles. The molecule has 1 atom stereocenters. The van der Waals surface area contributed by atoms with E-state index in [9.17, 15) is 9.59 Å². The van der Waals surface area contributed by atoms with Crippen LogP contribution in [0.4, 0.5) is 16.2 Å². The molecule has 6 heteroatoms. The Morgan fingerprint density at radius 2 is 1.90 bits per heavy atom. The Bertz CT molecular complexity index is 507. The smallest absolute Gasteiger partial charge is 0.319 e. The van der Waals surface area contributed by atoms with Crippen molar-refractivity contribution in [3.8, 4) is 0 Å². The van der Waals surface area contributed by atoms with Gasteiger partial charge in [0.05, 0.1) is 6.10 Å². The highest BCUT2D eigenvalue weighted by Crippen LogP contribution is 2.14. The second-order valence-corrected chi connectivity index (χ2v) is 4.74. The molecule has 0 aliphatic carbocycles. The fraction of sp³-hybridized carbons (Fsp3) is 0.333. The molecule has 0 aromatic heterocycles. The predicted octanol–water partition coefficient (Wildman–Crippen LogP) is 2.11. The summed E-state index contributed by atoms with van der Waals surface area (Å²) in [6.07, 6.45) is 3.35. The minimum atomic E-state index is -0.273. The van der Waals surface area contributed by atoms with Gasteiger partial charge in [-0.05, 0) is 43.2 Å². The van der Waals surface area contributed by atoms with Crippen LogP contribution in [0.25, 0.3) is 0 Å². The second kappa shape index (κ2) is 7.44. The molecule has 1 aliphatic rings. The average molecular weight is 289 g/mol. The Morgan fingerprint density at radius 1 is 1.24 bits per heavy atom. The maximum atomic E-state index is 11.7. The van der Waals surface area contributed by atoms with Crippen LogP contribution in [0, 0.1) is 0 Å². The number of hydrogen-bond acceptors (Lipinski definition) is 3. The van der Waals surface area contributed by atoms with Gasteiger partial charge in [-0.25, -0.2) is 4.79 Å². The lowest BCUT2D eigenvalue weighted by Crippen LogP contribution is -2.35. The first kappa shape index (κ1) is 15.1. The Balaban J connectivity index is 1.77. The lowest BCUT2D eigenvalue weighted by Gasteiger charge is -2.12. The zero-order valence-electron chi connectivity index (χ0n) is 11.7. The summed E-state index contributed by atoms with van der Waals surface area (Å²) in [5, 5.41) is 8.13. The van der Waals surface area contributed by atoms with Crippen molar-refractivity contribution in [1.82, 2.24) is 5.32 Å². The number of carbonyl (C=O) groups is 2.